The van der Waals surface area contributed by atoms with Gasteiger partial charge < -0.3 is 15.8 Å². The van der Waals surface area contributed by atoms with Gasteiger partial charge in [-0.15, -0.1) is 0 Å². The molecule has 3 aliphatic rings. The number of hydrogen-bond donors (Lipinski definition) is 2. The molecule has 0 radical (unpaired) electrons. The Labute approximate surface area is 166 Å². The third kappa shape index (κ3) is 3.01. The van der Waals surface area contributed by atoms with E-state index in [2.05, 4.69) is 20.3 Å². The van der Waals surface area contributed by atoms with Crippen LogP contribution in [0.15, 0.2) is 53.4 Å². The number of anilines is 1. The molecule has 2 aromatic rings. The average Bonchev–Trinajstić information content (AvgIpc) is 3.12. The van der Waals surface area contributed by atoms with Crippen LogP contribution in [0.4, 0.5) is 10.3 Å². The SMILES string of the molecule is Nc1nccc(C2=CC3NC(C4COc5ccc(Cl)cc5C4)=NC3C(F)=C2)n1. The summed E-state index contributed by atoms with van der Waals surface area (Å²) >= 11 is 6.10. The molecule has 8 heteroatoms. The van der Waals surface area contributed by atoms with Crippen molar-refractivity contribution in [3.05, 3.63) is 64.7 Å². The number of nitrogens with one attached hydrogen (secondary N) is 1. The number of nitrogen functional groups attached to an aromatic ring is 1. The van der Waals surface area contributed by atoms with Crippen LogP contribution in [0.25, 0.3) is 5.57 Å². The van der Waals surface area contributed by atoms with Gasteiger partial charge in [0, 0.05) is 16.8 Å². The Kier molecular flexibility index (Phi) is 4.05. The number of nitrogens with zero attached hydrogens (tertiary/aromatic N) is 3. The van der Waals surface area contributed by atoms with Crippen molar-refractivity contribution in [1.82, 2.24) is 15.3 Å². The lowest BCUT2D eigenvalue weighted by molar-refractivity contribution is 0.257. The first kappa shape index (κ1) is 17.2. The Morgan fingerprint density at radius 3 is 3.04 bits per heavy atom. The zero-order valence-electron chi connectivity index (χ0n) is 14.8. The predicted octanol–water partition coefficient (Wildman–Crippen LogP) is 2.95. The topological polar surface area (TPSA) is 85.4 Å². The van der Waals surface area contributed by atoms with Gasteiger partial charge in [-0.05, 0) is 42.3 Å². The van der Waals surface area contributed by atoms with Crippen molar-refractivity contribution in [2.24, 2.45) is 10.9 Å². The van der Waals surface area contributed by atoms with Crippen LogP contribution >= 0.6 is 11.6 Å². The fraction of sp³-hybridized carbons (Fsp3) is 0.250. The van der Waals surface area contributed by atoms with Crippen molar-refractivity contribution in [3.8, 4) is 5.75 Å². The molecule has 0 fully saturated rings. The number of aliphatic imine (C=N–C) groups is 1. The minimum atomic E-state index is -0.571. The second-order valence-corrected chi connectivity index (χ2v) is 7.48. The third-order valence-electron chi connectivity index (χ3n) is 5.15. The molecule has 1 aromatic carbocycles. The molecule has 1 aliphatic carbocycles. The monoisotopic (exact) mass is 397 g/mol. The summed E-state index contributed by atoms with van der Waals surface area (Å²) in [5, 5.41) is 4.03. The van der Waals surface area contributed by atoms with Gasteiger partial charge in [-0.25, -0.2) is 14.4 Å². The van der Waals surface area contributed by atoms with Crippen LogP contribution in [0.1, 0.15) is 11.3 Å². The number of fused-ring (bicyclic) bond motifs is 2. The fourth-order valence-corrected chi connectivity index (χ4v) is 4.01. The molecule has 28 heavy (non-hydrogen) atoms. The molecule has 3 atom stereocenters. The number of aromatic nitrogens is 2. The van der Waals surface area contributed by atoms with Gasteiger partial charge in [0.15, 0.2) is 0 Å². The number of benzene rings is 1. The van der Waals surface area contributed by atoms with Crippen molar-refractivity contribution < 1.29 is 9.13 Å². The lowest BCUT2D eigenvalue weighted by Gasteiger charge is -2.26. The molecule has 6 nitrogen and oxygen atoms in total. The van der Waals surface area contributed by atoms with Crippen molar-refractivity contribution in [1.29, 1.82) is 0 Å². The number of amidine groups is 1. The molecule has 142 valence electrons. The third-order valence-corrected chi connectivity index (χ3v) is 5.39. The van der Waals surface area contributed by atoms with Crippen LogP contribution in [0.5, 0.6) is 5.75 Å². The molecular formula is C20H17ClFN5O. The van der Waals surface area contributed by atoms with Crippen molar-refractivity contribution >= 4 is 29.0 Å². The Bertz CT molecular complexity index is 1050. The molecule has 3 heterocycles. The van der Waals surface area contributed by atoms with E-state index in [0.29, 0.717) is 22.9 Å². The van der Waals surface area contributed by atoms with Crippen LogP contribution in [0, 0.1) is 5.92 Å². The van der Waals surface area contributed by atoms with E-state index < -0.39 is 6.04 Å². The summed E-state index contributed by atoms with van der Waals surface area (Å²) in [6, 6.07) is 6.46. The lowest BCUT2D eigenvalue weighted by Crippen LogP contribution is -2.40. The fourth-order valence-electron chi connectivity index (χ4n) is 3.81. The van der Waals surface area contributed by atoms with Crippen molar-refractivity contribution in [2.75, 3.05) is 12.3 Å². The summed E-state index contributed by atoms with van der Waals surface area (Å²) < 4.78 is 20.6. The van der Waals surface area contributed by atoms with Crippen LogP contribution in [0.3, 0.4) is 0 Å². The molecule has 0 bridgehead atoms. The summed E-state index contributed by atoms with van der Waals surface area (Å²) in [4.78, 5) is 12.7. The van der Waals surface area contributed by atoms with E-state index in [-0.39, 0.29) is 23.7 Å². The summed E-state index contributed by atoms with van der Waals surface area (Å²) in [5.74, 6) is 1.47. The van der Waals surface area contributed by atoms with Gasteiger partial charge in [0.25, 0.3) is 0 Å². The maximum atomic E-state index is 14.8. The molecule has 0 saturated carbocycles. The van der Waals surface area contributed by atoms with E-state index in [1.54, 1.807) is 12.3 Å². The predicted molar refractivity (Wildman–Crippen MR) is 106 cm³/mol. The molecule has 0 spiro atoms. The minimum absolute atomic E-state index is 0.0240. The van der Waals surface area contributed by atoms with Crippen LogP contribution in [0.2, 0.25) is 5.02 Å². The van der Waals surface area contributed by atoms with Gasteiger partial charge in [-0.2, -0.15) is 0 Å². The molecule has 3 N–H and O–H groups in total. The molecule has 2 aliphatic heterocycles. The van der Waals surface area contributed by atoms with E-state index in [9.17, 15) is 4.39 Å². The summed E-state index contributed by atoms with van der Waals surface area (Å²) in [7, 11) is 0. The van der Waals surface area contributed by atoms with E-state index in [4.69, 9.17) is 22.1 Å². The van der Waals surface area contributed by atoms with Gasteiger partial charge in [0.2, 0.25) is 5.95 Å². The second kappa shape index (κ2) is 6.60. The summed E-state index contributed by atoms with van der Waals surface area (Å²) in [5.41, 5.74) is 7.93. The highest BCUT2D eigenvalue weighted by atomic mass is 35.5. The number of allylic oxidation sites excluding steroid dienone is 2. The summed E-state index contributed by atoms with van der Waals surface area (Å²) in [6.45, 7) is 0.490. The molecule has 0 saturated heterocycles. The largest absolute Gasteiger partial charge is 0.493 e. The smallest absolute Gasteiger partial charge is 0.220 e. The number of ether oxygens (including phenoxy) is 1. The first-order valence-corrected chi connectivity index (χ1v) is 9.38. The van der Waals surface area contributed by atoms with E-state index in [1.807, 2.05) is 24.3 Å². The zero-order valence-corrected chi connectivity index (χ0v) is 15.5. The van der Waals surface area contributed by atoms with Gasteiger partial charge in [0.05, 0.1) is 24.3 Å². The highest BCUT2D eigenvalue weighted by molar-refractivity contribution is 6.30. The molecule has 0 amide bonds. The van der Waals surface area contributed by atoms with Gasteiger partial charge in [0.1, 0.15) is 23.5 Å². The van der Waals surface area contributed by atoms with Gasteiger partial charge >= 0.3 is 0 Å². The van der Waals surface area contributed by atoms with Crippen LogP contribution < -0.4 is 15.8 Å². The maximum Gasteiger partial charge on any atom is 0.220 e. The van der Waals surface area contributed by atoms with Gasteiger partial charge in [-0.1, -0.05) is 17.7 Å². The van der Waals surface area contributed by atoms with E-state index >= 15 is 0 Å². The Balaban J connectivity index is 1.39. The highest BCUT2D eigenvalue weighted by Gasteiger charge is 2.37. The highest BCUT2D eigenvalue weighted by Crippen LogP contribution is 2.34. The standard InChI is InChI=1S/C20H17ClFN5O/c21-13-1-2-17-11(6-13)5-12(9-28-17)19-25-16-8-10(7-14(22)18(16)27-19)15-3-4-24-20(23)26-15/h1-4,6-8,12,16,18H,5,9H2,(H,25,27)(H2,23,24,26). The summed E-state index contributed by atoms with van der Waals surface area (Å²) in [6.07, 6.45) is 5.69. The second-order valence-electron chi connectivity index (χ2n) is 7.04. The van der Waals surface area contributed by atoms with Crippen LogP contribution in [-0.2, 0) is 6.42 Å². The van der Waals surface area contributed by atoms with Gasteiger partial charge in [-0.3, -0.25) is 4.99 Å². The number of hydrogen-bond acceptors (Lipinski definition) is 6. The first-order valence-electron chi connectivity index (χ1n) is 9.00. The number of halogens is 2. The quantitative estimate of drug-likeness (QED) is 0.813. The Morgan fingerprint density at radius 2 is 2.18 bits per heavy atom. The molecule has 5 rings (SSSR count). The zero-order chi connectivity index (χ0) is 19.3. The van der Waals surface area contributed by atoms with Crippen LogP contribution in [-0.4, -0.2) is 34.5 Å². The number of nitrogens with two attached hydrogens (primary N) is 1. The van der Waals surface area contributed by atoms with E-state index in [1.165, 1.54) is 6.08 Å². The normalized spacial score (nSPS) is 25.5. The Hall–Kier alpha value is -2.93. The van der Waals surface area contributed by atoms with Crippen molar-refractivity contribution in [2.45, 2.75) is 18.5 Å². The lowest BCUT2D eigenvalue weighted by atomic mass is 9.95. The molecular weight excluding hydrogens is 381 g/mol. The first-order chi connectivity index (χ1) is 13.6. The minimum Gasteiger partial charge on any atom is -0.493 e. The molecule has 3 unspecified atom stereocenters. The Morgan fingerprint density at radius 1 is 1.29 bits per heavy atom. The van der Waals surface area contributed by atoms with E-state index in [0.717, 1.165) is 23.6 Å². The number of rotatable bonds is 2. The van der Waals surface area contributed by atoms with Crippen molar-refractivity contribution in [3.63, 3.8) is 0 Å². The average molecular weight is 398 g/mol. The maximum absolute atomic E-state index is 14.8. The molecule has 1 aromatic heterocycles.